The van der Waals surface area contributed by atoms with Crippen LogP contribution < -0.4 is 5.73 Å². The van der Waals surface area contributed by atoms with Gasteiger partial charge in [0.15, 0.2) is 0 Å². The van der Waals surface area contributed by atoms with Crippen LogP contribution in [0.2, 0.25) is 0 Å². The quantitative estimate of drug-likeness (QED) is 0.896. The summed E-state index contributed by atoms with van der Waals surface area (Å²) in [6.45, 7) is 7.39. The highest BCUT2D eigenvalue weighted by Crippen LogP contribution is 2.25. The van der Waals surface area contributed by atoms with Crippen molar-refractivity contribution in [2.45, 2.75) is 26.4 Å². The van der Waals surface area contributed by atoms with E-state index in [1.807, 2.05) is 0 Å². The Morgan fingerprint density at radius 2 is 2.11 bits per heavy atom. The second-order valence-electron chi connectivity index (χ2n) is 5.27. The van der Waals surface area contributed by atoms with Crippen LogP contribution in [0.3, 0.4) is 0 Å². The van der Waals surface area contributed by atoms with Crippen LogP contribution in [0.5, 0.6) is 0 Å². The lowest BCUT2D eigenvalue weighted by molar-refractivity contribution is 0.222. The van der Waals surface area contributed by atoms with Crippen LogP contribution in [-0.4, -0.2) is 29.1 Å². The third-order valence-electron chi connectivity index (χ3n) is 3.85. The zero-order chi connectivity index (χ0) is 12.5. The molecule has 1 aliphatic rings. The molecule has 0 fully saturated rings. The lowest BCUT2D eigenvalue weighted by atomic mass is 10.2. The van der Waals surface area contributed by atoms with E-state index in [9.17, 15) is 0 Å². The molecule has 0 saturated carbocycles. The predicted octanol–water partition coefficient (Wildman–Crippen LogP) is 2.11. The first-order chi connectivity index (χ1) is 8.78. The maximum atomic E-state index is 5.59. The van der Waals surface area contributed by atoms with Gasteiger partial charge >= 0.3 is 0 Å². The second-order valence-corrected chi connectivity index (χ2v) is 5.27. The molecule has 3 heteroatoms. The fourth-order valence-corrected chi connectivity index (χ4v) is 2.87. The molecule has 0 spiro atoms. The van der Waals surface area contributed by atoms with Gasteiger partial charge in [0.2, 0.25) is 0 Å². The maximum Gasteiger partial charge on any atom is 0.0486 e. The number of nitrogens with zero attached hydrogens (tertiary/aromatic N) is 2. The number of rotatable bonds is 3. The standard InChI is InChI=1S/C15H21N3/c1-12-3-4-13-10-14-11-17(6-2-5-16)7-8-18(14)15(13)9-12/h3-4,9-10H,2,5-8,11,16H2,1H3. The highest BCUT2D eigenvalue weighted by atomic mass is 15.2. The minimum Gasteiger partial charge on any atom is -0.342 e. The van der Waals surface area contributed by atoms with Gasteiger partial charge in [-0.1, -0.05) is 12.1 Å². The number of hydrogen-bond acceptors (Lipinski definition) is 2. The molecule has 1 aliphatic heterocycles. The minimum absolute atomic E-state index is 0.790. The van der Waals surface area contributed by atoms with Gasteiger partial charge < -0.3 is 10.3 Å². The van der Waals surface area contributed by atoms with E-state index in [1.54, 1.807) is 0 Å². The third kappa shape index (κ3) is 2.04. The molecule has 0 aliphatic carbocycles. The molecule has 0 bridgehead atoms. The molecule has 0 unspecified atom stereocenters. The first kappa shape index (κ1) is 11.8. The molecule has 0 amide bonds. The number of fused-ring (bicyclic) bond motifs is 3. The first-order valence-corrected chi connectivity index (χ1v) is 6.79. The second kappa shape index (κ2) is 4.75. The molecule has 2 aromatic rings. The van der Waals surface area contributed by atoms with Crippen molar-refractivity contribution in [1.29, 1.82) is 0 Å². The van der Waals surface area contributed by atoms with Gasteiger partial charge in [-0.25, -0.2) is 0 Å². The molecule has 3 nitrogen and oxygen atoms in total. The normalized spacial score (nSPS) is 16.1. The Hall–Kier alpha value is -1.32. The first-order valence-electron chi connectivity index (χ1n) is 6.79. The van der Waals surface area contributed by atoms with Crippen LogP contribution in [-0.2, 0) is 13.1 Å². The zero-order valence-corrected chi connectivity index (χ0v) is 11.0. The third-order valence-corrected chi connectivity index (χ3v) is 3.85. The minimum atomic E-state index is 0.790. The van der Waals surface area contributed by atoms with Crippen molar-refractivity contribution in [2.24, 2.45) is 5.73 Å². The average molecular weight is 243 g/mol. The van der Waals surface area contributed by atoms with Crippen molar-refractivity contribution in [3.05, 3.63) is 35.5 Å². The van der Waals surface area contributed by atoms with Crippen molar-refractivity contribution in [3.63, 3.8) is 0 Å². The fourth-order valence-electron chi connectivity index (χ4n) is 2.87. The van der Waals surface area contributed by atoms with Crippen molar-refractivity contribution in [3.8, 4) is 0 Å². The Morgan fingerprint density at radius 3 is 2.94 bits per heavy atom. The molecule has 1 aromatic heterocycles. The summed E-state index contributed by atoms with van der Waals surface area (Å²) in [5, 5.41) is 1.37. The molecule has 0 saturated heterocycles. The lowest BCUT2D eigenvalue weighted by Crippen LogP contribution is -2.34. The Balaban J connectivity index is 1.90. The molecule has 3 rings (SSSR count). The lowest BCUT2D eigenvalue weighted by Gasteiger charge is -2.28. The van der Waals surface area contributed by atoms with E-state index in [1.165, 1.54) is 22.2 Å². The Morgan fingerprint density at radius 1 is 1.22 bits per heavy atom. The Kier molecular flexibility index (Phi) is 3.10. The van der Waals surface area contributed by atoms with Crippen molar-refractivity contribution < 1.29 is 0 Å². The summed E-state index contributed by atoms with van der Waals surface area (Å²) in [7, 11) is 0. The van der Waals surface area contributed by atoms with E-state index < -0.39 is 0 Å². The highest BCUT2D eigenvalue weighted by Gasteiger charge is 2.17. The number of aryl methyl sites for hydroxylation is 1. The molecule has 18 heavy (non-hydrogen) atoms. The van der Waals surface area contributed by atoms with Gasteiger partial charge in [-0.15, -0.1) is 0 Å². The van der Waals surface area contributed by atoms with E-state index in [4.69, 9.17) is 5.73 Å². The summed E-state index contributed by atoms with van der Waals surface area (Å²) in [6, 6.07) is 9.07. The summed E-state index contributed by atoms with van der Waals surface area (Å²) in [5.41, 5.74) is 9.76. The van der Waals surface area contributed by atoms with E-state index in [-0.39, 0.29) is 0 Å². The van der Waals surface area contributed by atoms with Gasteiger partial charge in [-0.2, -0.15) is 0 Å². The highest BCUT2D eigenvalue weighted by molar-refractivity contribution is 5.82. The van der Waals surface area contributed by atoms with Crippen LogP contribution in [0.4, 0.5) is 0 Å². The monoisotopic (exact) mass is 243 g/mol. The van der Waals surface area contributed by atoms with E-state index in [2.05, 4.69) is 40.7 Å². The van der Waals surface area contributed by atoms with Crippen molar-refractivity contribution >= 4 is 10.9 Å². The van der Waals surface area contributed by atoms with Gasteiger partial charge in [0.1, 0.15) is 0 Å². The molecular formula is C15H21N3. The molecule has 1 aromatic carbocycles. The van der Waals surface area contributed by atoms with Crippen LogP contribution in [0.25, 0.3) is 10.9 Å². The largest absolute Gasteiger partial charge is 0.342 e. The van der Waals surface area contributed by atoms with Gasteiger partial charge in [-0.05, 0) is 49.5 Å². The molecular weight excluding hydrogens is 222 g/mol. The van der Waals surface area contributed by atoms with Crippen LogP contribution in [0, 0.1) is 6.92 Å². The number of hydrogen-bond donors (Lipinski definition) is 1. The SMILES string of the molecule is Cc1ccc2cc3n(c2c1)CCN(CCCN)C3. The summed E-state index contributed by atoms with van der Waals surface area (Å²) in [6.07, 6.45) is 1.10. The molecule has 96 valence electrons. The predicted molar refractivity (Wildman–Crippen MR) is 75.6 cm³/mol. The van der Waals surface area contributed by atoms with Gasteiger partial charge in [0, 0.05) is 30.8 Å². The maximum absolute atomic E-state index is 5.59. The van der Waals surface area contributed by atoms with E-state index in [0.29, 0.717) is 0 Å². The van der Waals surface area contributed by atoms with Gasteiger partial charge in [0.05, 0.1) is 0 Å². The van der Waals surface area contributed by atoms with Crippen LogP contribution in [0.1, 0.15) is 17.7 Å². The summed E-state index contributed by atoms with van der Waals surface area (Å²) in [4.78, 5) is 2.51. The topological polar surface area (TPSA) is 34.2 Å². The molecule has 0 radical (unpaired) electrons. The summed E-state index contributed by atoms with van der Waals surface area (Å²) >= 11 is 0. The summed E-state index contributed by atoms with van der Waals surface area (Å²) in [5.74, 6) is 0. The average Bonchev–Trinajstić information content (AvgIpc) is 2.73. The Labute approximate surface area is 108 Å². The molecule has 2 heterocycles. The molecule has 0 atom stereocenters. The van der Waals surface area contributed by atoms with Crippen molar-refractivity contribution in [1.82, 2.24) is 9.47 Å². The fraction of sp³-hybridized carbons (Fsp3) is 0.467. The van der Waals surface area contributed by atoms with Crippen molar-refractivity contribution in [2.75, 3.05) is 19.6 Å². The van der Waals surface area contributed by atoms with Crippen LogP contribution in [0.15, 0.2) is 24.3 Å². The van der Waals surface area contributed by atoms with Crippen LogP contribution >= 0.6 is 0 Å². The smallest absolute Gasteiger partial charge is 0.0486 e. The number of nitrogens with two attached hydrogens (primary N) is 1. The zero-order valence-electron chi connectivity index (χ0n) is 11.0. The summed E-state index contributed by atoms with van der Waals surface area (Å²) < 4.78 is 2.47. The Bertz CT molecular complexity index is 556. The number of aromatic nitrogens is 1. The van der Waals surface area contributed by atoms with Gasteiger partial charge in [0.25, 0.3) is 0 Å². The van der Waals surface area contributed by atoms with Gasteiger partial charge in [-0.3, -0.25) is 4.90 Å². The van der Waals surface area contributed by atoms with E-state index >= 15 is 0 Å². The number of benzene rings is 1. The van der Waals surface area contributed by atoms with E-state index in [0.717, 1.165) is 39.1 Å². The molecule has 2 N–H and O–H groups in total.